The van der Waals surface area contributed by atoms with Crippen molar-refractivity contribution in [1.29, 1.82) is 0 Å². The van der Waals surface area contributed by atoms with Crippen LogP contribution in [0.15, 0.2) is 60.7 Å². The van der Waals surface area contributed by atoms with Gasteiger partial charge in [0.2, 0.25) is 0 Å². The number of hydrogen-bond donors (Lipinski definition) is 0. The largest absolute Gasteiger partial charge is 0 e. The van der Waals surface area contributed by atoms with E-state index in [0.29, 0.717) is 5.57 Å². The van der Waals surface area contributed by atoms with Crippen molar-refractivity contribution >= 4 is 17.1 Å². The summed E-state index contributed by atoms with van der Waals surface area (Å²) >= 11 is 0. The van der Waals surface area contributed by atoms with Gasteiger partial charge in [-0.25, -0.2) is 4.79 Å². The fraction of sp³-hybridized carbons (Fsp3) is 0.217. The first kappa shape index (κ1) is 29.6. The summed E-state index contributed by atoms with van der Waals surface area (Å²) in [6, 6.07) is 19.8. The van der Waals surface area contributed by atoms with Crippen LogP contribution in [0.1, 0.15) is 25.0 Å². The van der Waals surface area contributed by atoms with Crippen molar-refractivity contribution in [3.63, 3.8) is 0 Å². The summed E-state index contributed by atoms with van der Waals surface area (Å²) in [6.07, 6.45) is -0.324. The summed E-state index contributed by atoms with van der Waals surface area (Å²) in [4.78, 5) is 14.8. The Balaban J connectivity index is 0. The number of cyclic esters (lactones) is 1. The van der Waals surface area contributed by atoms with E-state index in [1.807, 2.05) is 60.7 Å². The van der Waals surface area contributed by atoms with Gasteiger partial charge in [0, 0.05) is 22.9 Å². The molecule has 0 fully saturated rings. The van der Waals surface area contributed by atoms with Crippen LogP contribution in [-0.4, -0.2) is 30.2 Å². The third kappa shape index (κ3) is 7.32. The molecule has 1 atom stereocenters. The molecule has 1 heterocycles. The van der Waals surface area contributed by atoms with Crippen LogP contribution in [0.3, 0.4) is 0 Å². The molecule has 1 aliphatic heterocycles. The average Bonchev–Trinajstić information content (AvgIpc) is 3.16. The zero-order chi connectivity index (χ0) is 22.2. The van der Waals surface area contributed by atoms with Gasteiger partial charge >= 0.3 is 39.9 Å². The molecule has 0 saturated carbocycles. The van der Waals surface area contributed by atoms with Crippen LogP contribution in [-0.2, 0) is 40.8 Å². The van der Waals surface area contributed by atoms with Crippen LogP contribution in [0.4, 0.5) is 0 Å². The molecule has 6 nitrogen and oxygen atoms in total. The van der Waals surface area contributed by atoms with Gasteiger partial charge in [-0.05, 0) is 24.2 Å². The molecule has 0 bridgehead atoms. The first-order valence-electron chi connectivity index (χ1n) is 8.67. The molecule has 0 amide bonds. The molecule has 0 spiro atoms. The normalized spacial score (nSPS) is 13.8. The molecule has 0 saturated heterocycles. The van der Waals surface area contributed by atoms with Crippen molar-refractivity contribution in [1.82, 2.24) is 4.90 Å². The Morgan fingerprint density at radius 1 is 0.800 bits per heavy atom. The van der Waals surface area contributed by atoms with Gasteiger partial charge in [-0.15, -0.1) is 0 Å². The van der Waals surface area contributed by atoms with Crippen LogP contribution in [0.5, 0.6) is 0 Å². The summed E-state index contributed by atoms with van der Waals surface area (Å²) in [6.45, 7) is 19.3. The van der Waals surface area contributed by atoms with Crippen LogP contribution in [0.25, 0.3) is 11.1 Å². The Bertz CT molecular complexity index is 826. The van der Waals surface area contributed by atoms with E-state index in [0.717, 1.165) is 29.8 Å². The molecule has 0 radical (unpaired) electrons. The Labute approximate surface area is 187 Å². The third-order valence-corrected chi connectivity index (χ3v) is 4.23. The monoisotopic (exact) mass is 443 g/mol. The van der Waals surface area contributed by atoms with Gasteiger partial charge in [0.1, 0.15) is 0 Å². The van der Waals surface area contributed by atoms with E-state index >= 15 is 0 Å². The number of carbonyl (C=O) groups is 1. The van der Waals surface area contributed by atoms with Gasteiger partial charge < -0.3 is 4.74 Å². The zero-order valence-electron chi connectivity index (χ0n) is 16.7. The van der Waals surface area contributed by atoms with Gasteiger partial charge in [-0.3, -0.25) is 4.90 Å². The second kappa shape index (κ2) is 17.2. The van der Waals surface area contributed by atoms with E-state index in [4.69, 9.17) is 18.7 Å². The second-order valence-electron chi connectivity index (χ2n) is 5.50. The summed E-state index contributed by atoms with van der Waals surface area (Å²) in [5.74, 6) is -0.244. The molecule has 0 aromatic heterocycles. The zero-order valence-corrected chi connectivity index (χ0v) is 17.9. The maximum atomic E-state index is 12.6. The van der Waals surface area contributed by atoms with Crippen molar-refractivity contribution in [2.75, 3.05) is 13.1 Å². The number of ether oxygens (including phenoxy) is 1. The Morgan fingerprint density at radius 2 is 1.20 bits per heavy atom. The topological polar surface area (TPSA) is 89.2 Å². The SMILES string of the molecule is CCN(CC)C1OC(=O)C(c2ccccc2)=C1c1ccccc1.[C-]#[O+].[C-]#[O+].[C-]#[O+].[Cr]. The number of benzene rings is 2. The summed E-state index contributed by atoms with van der Waals surface area (Å²) in [7, 11) is 0. The first-order chi connectivity index (χ1) is 14.3. The number of hydrogen-bond acceptors (Lipinski definition) is 3. The fourth-order valence-corrected chi connectivity index (χ4v) is 3.05. The number of rotatable bonds is 5. The third-order valence-electron chi connectivity index (χ3n) is 4.23. The minimum Gasteiger partial charge on any atom is 0 e. The van der Waals surface area contributed by atoms with Crippen molar-refractivity contribution < 1.29 is 40.8 Å². The molecule has 30 heavy (non-hydrogen) atoms. The Morgan fingerprint density at radius 3 is 1.60 bits per heavy atom. The van der Waals surface area contributed by atoms with Crippen molar-refractivity contribution in [2.24, 2.45) is 0 Å². The fourth-order valence-electron chi connectivity index (χ4n) is 3.05. The van der Waals surface area contributed by atoms with Gasteiger partial charge in [-0.2, -0.15) is 0 Å². The summed E-state index contributed by atoms with van der Waals surface area (Å²) < 4.78 is 28.3. The predicted octanol–water partition coefficient (Wildman–Crippen LogP) is 3.71. The van der Waals surface area contributed by atoms with Crippen LogP contribution < -0.4 is 0 Å². The van der Waals surface area contributed by atoms with E-state index < -0.39 is 0 Å². The van der Waals surface area contributed by atoms with E-state index in [1.54, 1.807) is 0 Å². The first-order valence-corrected chi connectivity index (χ1v) is 8.67. The summed E-state index contributed by atoms with van der Waals surface area (Å²) in [5.41, 5.74) is 3.58. The maximum absolute atomic E-state index is 12.6. The molecule has 7 heteroatoms. The van der Waals surface area contributed by atoms with Crippen LogP contribution >= 0.6 is 0 Å². The van der Waals surface area contributed by atoms with Crippen molar-refractivity contribution in [3.05, 3.63) is 91.7 Å². The number of likely N-dealkylation sites (N-methyl/N-ethyl adjacent to an activating group) is 1. The molecular formula is C23H21CrNO5. The number of nitrogens with zero attached hydrogens (tertiary/aromatic N) is 1. The number of carbonyl (C=O) groups excluding carboxylic acids is 1. The molecule has 0 aliphatic carbocycles. The minimum absolute atomic E-state index is 0. The van der Waals surface area contributed by atoms with Crippen LogP contribution in [0, 0.1) is 20.0 Å². The van der Waals surface area contributed by atoms with Gasteiger partial charge in [-0.1, -0.05) is 74.5 Å². The van der Waals surface area contributed by atoms with E-state index in [2.05, 4.69) is 38.7 Å². The number of esters is 1. The average molecular weight is 443 g/mol. The van der Waals surface area contributed by atoms with Crippen molar-refractivity contribution in [3.8, 4) is 0 Å². The minimum atomic E-state index is -0.324. The van der Waals surface area contributed by atoms with Gasteiger partial charge in [0.05, 0.1) is 5.57 Å². The Hall–Kier alpha value is -2.64. The van der Waals surface area contributed by atoms with E-state index in [9.17, 15) is 4.79 Å². The van der Waals surface area contributed by atoms with E-state index in [-0.39, 0.29) is 29.6 Å². The Kier molecular flexibility index (Phi) is 17.0. The van der Waals surface area contributed by atoms with Crippen LogP contribution in [0.2, 0.25) is 0 Å². The molecule has 154 valence electrons. The standard InChI is InChI=1S/C20H21NO2.3CO.Cr/c1-3-21(4-2)19-17(15-11-7-5-8-12-15)18(20(22)23-19)16-13-9-6-10-14-16;3*1-2;/h5-14,19H,3-4H2,1-2H3;;;;. The molecule has 1 aliphatic rings. The second-order valence-corrected chi connectivity index (χ2v) is 5.50. The molecule has 2 aromatic rings. The predicted molar refractivity (Wildman–Crippen MR) is 104 cm³/mol. The van der Waals surface area contributed by atoms with Gasteiger partial charge in [0.25, 0.3) is 0 Å². The quantitative estimate of drug-likeness (QED) is 0.401. The molecule has 2 aromatic carbocycles. The smallest absolute Gasteiger partial charge is 0 e. The molecule has 0 N–H and O–H groups in total. The molecular weight excluding hydrogens is 422 g/mol. The molecule has 1 unspecified atom stereocenters. The van der Waals surface area contributed by atoms with E-state index in [1.165, 1.54) is 0 Å². The molecule has 3 rings (SSSR count). The summed E-state index contributed by atoms with van der Waals surface area (Å²) in [5, 5.41) is 0. The van der Waals surface area contributed by atoms with Crippen molar-refractivity contribution in [2.45, 2.75) is 20.1 Å². The maximum Gasteiger partial charge on any atom is 0 e. The van der Waals surface area contributed by atoms with Gasteiger partial charge in [0.15, 0.2) is 6.23 Å².